The summed E-state index contributed by atoms with van der Waals surface area (Å²) in [5.74, 6) is -1.21. The molecule has 3 nitrogen and oxygen atoms in total. The van der Waals surface area contributed by atoms with Crippen LogP contribution in [-0.2, 0) is 11.2 Å². The molecule has 1 N–H and O–H groups in total. The number of aliphatic carboxylic acids is 1. The molecule has 0 saturated carbocycles. The molecule has 0 radical (unpaired) electrons. The van der Waals surface area contributed by atoms with Crippen LogP contribution < -0.4 is 0 Å². The average Bonchev–Trinajstić information content (AvgIpc) is 2.88. The molecule has 0 aliphatic heterocycles. The number of aromatic nitrogens is 1. The summed E-state index contributed by atoms with van der Waals surface area (Å²) < 4.78 is 0. The first-order valence-electron chi connectivity index (χ1n) is 5.63. The largest absolute Gasteiger partial charge is 0.481 e. The topological polar surface area (TPSA) is 50.2 Å². The number of hydrogen-bond acceptors (Lipinski definition) is 3. The number of aryl methyl sites for hydroxylation is 1. The fraction of sp³-hybridized carbons (Fsp3) is 0.231. The number of carbonyl (C=O) groups is 1. The highest BCUT2D eigenvalue weighted by Gasteiger charge is 2.32. The molecular formula is C13H10ClNO2S. The third-order valence-electron chi connectivity index (χ3n) is 3.11. The van der Waals surface area contributed by atoms with Gasteiger partial charge in [-0.05, 0) is 25.0 Å². The van der Waals surface area contributed by atoms with E-state index in [4.69, 9.17) is 16.7 Å². The van der Waals surface area contributed by atoms with Crippen LogP contribution in [0.25, 0.3) is 10.6 Å². The van der Waals surface area contributed by atoms with E-state index in [1.165, 1.54) is 0 Å². The van der Waals surface area contributed by atoms with E-state index >= 15 is 0 Å². The third-order valence-corrected chi connectivity index (χ3v) is 4.54. The summed E-state index contributed by atoms with van der Waals surface area (Å²) in [5.41, 5.74) is 1.74. The molecule has 0 spiro atoms. The molecule has 0 saturated heterocycles. The maximum absolute atomic E-state index is 11.1. The van der Waals surface area contributed by atoms with Gasteiger partial charge in [-0.25, -0.2) is 4.98 Å². The normalized spacial score (nSPS) is 17.7. The number of benzene rings is 1. The molecule has 1 aromatic carbocycles. The molecular weight excluding hydrogens is 270 g/mol. The fourth-order valence-corrected chi connectivity index (χ4v) is 3.45. The Bertz CT molecular complexity index is 606. The van der Waals surface area contributed by atoms with Crippen molar-refractivity contribution >= 4 is 28.9 Å². The van der Waals surface area contributed by atoms with E-state index in [9.17, 15) is 4.79 Å². The Morgan fingerprint density at radius 1 is 1.39 bits per heavy atom. The van der Waals surface area contributed by atoms with Crippen molar-refractivity contribution in [3.8, 4) is 10.6 Å². The van der Waals surface area contributed by atoms with Crippen molar-refractivity contribution in [2.75, 3.05) is 0 Å². The Morgan fingerprint density at radius 3 is 2.78 bits per heavy atom. The van der Waals surface area contributed by atoms with Gasteiger partial charge in [0.1, 0.15) is 10.9 Å². The van der Waals surface area contributed by atoms with Crippen molar-refractivity contribution in [2.45, 2.75) is 18.8 Å². The van der Waals surface area contributed by atoms with Crippen LogP contribution in [0, 0.1) is 0 Å². The van der Waals surface area contributed by atoms with E-state index in [2.05, 4.69) is 4.98 Å². The highest BCUT2D eigenvalue weighted by molar-refractivity contribution is 7.15. The monoisotopic (exact) mass is 279 g/mol. The van der Waals surface area contributed by atoms with Gasteiger partial charge in [0.25, 0.3) is 0 Å². The van der Waals surface area contributed by atoms with Crippen molar-refractivity contribution in [3.05, 3.63) is 39.9 Å². The zero-order chi connectivity index (χ0) is 12.7. The molecule has 1 aliphatic rings. The van der Waals surface area contributed by atoms with Crippen LogP contribution in [0.1, 0.15) is 22.9 Å². The molecule has 1 heterocycles. The van der Waals surface area contributed by atoms with Crippen molar-refractivity contribution in [1.82, 2.24) is 4.98 Å². The lowest BCUT2D eigenvalue weighted by molar-refractivity contribution is -0.138. The fourth-order valence-electron chi connectivity index (χ4n) is 2.18. The van der Waals surface area contributed by atoms with E-state index in [1.807, 2.05) is 24.3 Å². The highest BCUT2D eigenvalue weighted by atomic mass is 35.5. The van der Waals surface area contributed by atoms with E-state index in [0.29, 0.717) is 11.4 Å². The number of nitrogens with zero attached hydrogens (tertiary/aromatic N) is 1. The summed E-state index contributed by atoms with van der Waals surface area (Å²) in [6, 6.07) is 7.45. The minimum Gasteiger partial charge on any atom is -0.481 e. The summed E-state index contributed by atoms with van der Waals surface area (Å²) in [6.45, 7) is 0. The van der Waals surface area contributed by atoms with Gasteiger partial charge in [-0.3, -0.25) is 4.79 Å². The van der Waals surface area contributed by atoms with Crippen LogP contribution in [-0.4, -0.2) is 16.1 Å². The smallest absolute Gasteiger partial charge is 0.312 e. The van der Waals surface area contributed by atoms with Crippen LogP contribution in [0.15, 0.2) is 24.3 Å². The van der Waals surface area contributed by atoms with Crippen molar-refractivity contribution in [2.24, 2.45) is 0 Å². The standard InChI is InChI=1S/C13H10ClNO2S/c14-8-3-1-7(2-4-8)12-15-11-9(13(16)17)5-6-10(11)18-12/h1-4,9H,5-6H2,(H,16,17). The Morgan fingerprint density at radius 2 is 2.11 bits per heavy atom. The van der Waals surface area contributed by atoms with Crippen LogP contribution in [0.4, 0.5) is 0 Å². The van der Waals surface area contributed by atoms with Crippen LogP contribution in [0.2, 0.25) is 5.02 Å². The first kappa shape index (κ1) is 11.7. The highest BCUT2D eigenvalue weighted by Crippen LogP contribution is 2.39. The summed E-state index contributed by atoms with van der Waals surface area (Å²) in [4.78, 5) is 16.7. The second kappa shape index (κ2) is 4.37. The van der Waals surface area contributed by atoms with Crippen LogP contribution >= 0.6 is 22.9 Å². The average molecular weight is 280 g/mol. The number of carboxylic acid groups (broad SMARTS) is 1. The molecule has 92 valence electrons. The summed E-state index contributed by atoms with van der Waals surface area (Å²) in [7, 11) is 0. The summed E-state index contributed by atoms with van der Waals surface area (Å²) in [6.07, 6.45) is 1.49. The number of halogens is 1. The SMILES string of the molecule is O=C(O)C1CCc2sc(-c3ccc(Cl)cc3)nc21. The van der Waals surface area contributed by atoms with Gasteiger partial charge in [0, 0.05) is 15.5 Å². The molecule has 2 aromatic rings. The van der Waals surface area contributed by atoms with E-state index in [0.717, 1.165) is 27.6 Å². The van der Waals surface area contributed by atoms with Gasteiger partial charge in [0.15, 0.2) is 0 Å². The second-order valence-electron chi connectivity index (χ2n) is 4.26. The Labute approximate surface area is 113 Å². The maximum Gasteiger partial charge on any atom is 0.312 e. The minimum atomic E-state index is -0.776. The number of fused-ring (bicyclic) bond motifs is 1. The number of thiazole rings is 1. The summed E-state index contributed by atoms with van der Waals surface area (Å²) in [5, 5.41) is 10.7. The van der Waals surface area contributed by atoms with Crippen molar-refractivity contribution in [1.29, 1.82) is 0 Å². The number of hydrogen-bond donors (Lipinski definition) is 1. The lowest BCUT2D eigenvalue weighted by Gasteiger charge is -2.01. The Hall–Kier alpha value is -1.39. The molecule has 0 bridgehead atoms. The summed E-state index contributed by atoms with van der Waals surface area (Å²) >= 11 is 7.43. The van der Waals surface area contributed by atoms with E-state index in [-0.39, 0.29) is 0 Å². The third kappa shape index (κ3) is 1.91. The molecule has 1 aliphatic carbocycles. The van der Waals surface area contributed by atoms with Gasteiger partial charge in [-0.15, -0.1) is 11.3 Å². The van der Waals surface area contributed by atoms with Gasteiger partial charge >= 0.3 is 5.97 Å². The Balaban J connectivity index is 1.99. The second-order valence-corrected chi connectivity index (χ2v) is 5.78. The molecule has 3 rings (SSSR count). The predicted octanol–water partition coefficient (Wildman–Crippen LogP) is 3.58. The van der Waals surface area contributed by atoms with Gasteiger partial charge in [0.2, 0.25) is 0 Å². The molecule has 1 atom stereocenters. The maximum atomic E-state index is 11.1. The molecule has 1 aromatic heterocycles. The lowest BCUT2D eigenvalue weighted by Crippen LogP contribution is -2.08. The zero-order valence-corrected chi connectivity index (χ0v) is 11.0. The van der Waals surface area contributed by atoms with Gasteiger partial charge < -0.3 is 5.11 Å². The molecule has 18 heavy (non-hydrogen) atoms. The first-order valence-corrected chi connectivity index (χ1v) is 6.83. The predicted molar refractivity (Wildman–Crippen MR) is 71.3 cm³/mol. The van der Waals surface area contributed by atoms with E-state index < -0.39 is 11.9 Å². The Kier molecular flexibility index (Phi) is 2.84. The molecule has 0 fully saturated rings. The minimum absolute atomic E-state index is 0.433. The molecule has 1 unspecified atom stereocenters. The quantitative estimate of drug-likeness (QED) is 0.914. The first-order chi connectivity index (χ1) is 8.65. The number of rotatable bonds is 2. The van der Waals surface area contributed by atoms with Gasteiger partial charge in [-0.2, -0.15) is 0 Å². The molecule has 5 heteroatoms. The van der Waals surface area contributed by atoms with Crippen LogP contribution in [0.3, 0.4) is 0 Å². The van der Waals surface area contributed by atoms with Gasteiger partial charge in [-0.1, -0.05) is 23.7 Å². The number of carboxylic acids is 1. The lowest BCUT2D eigenvalue weighted by atomic mass is 10.1. The van der Waals surface area contributed by atoms with E-state index in [1.54, 1.807) is 11.3 Å². The van der Waals surface area contributed by atoms with Crippen molar-refractivity contribution < 1.29 is 9.90 Å². The zero-order valence-electron chi connectivity index (χ0n) is 9.39. The van der Waals surface area contributed by atoms with Crippen LogP contribution in [0.5, 0.6) is 0 Å². The van der Waals surface area contributed by atoms with Crippen molar-refractivity contribution in [3.63, 3.8) is 0 Å². The molecule has 0 amide bonds. The van der Waals surface area contributed by atoms with Gasteiger partial charge in [0.05, 0.1) is 5.69 Å².